The van der Waals surface area contributed by atoms with Crippen LogP contribution in [-0.2, 0) is 12.8 Å². The van der Waals surface area contributed by atoms with Gasteiger partial charge in [0.25, 0.3) is 0 Å². The molecular weight excluding hydrogens is 244 g/mol. The van der Waals surface area contributed by atoms with Gasteiger partial charge in [0.1, 0.15) is 0 Å². The highest BCUT2D eigenvalue weighted by molar-refractivity contribution is 5.56. The molecule has 0 atom stereocenters. The minimum absolute atomic E-state index is 0.757. The van der Waals surface area contributed by atoms with Crippen LogP contribution in [0.1, 0.15) is 44.2 Å². The van der Waals surface area contributed by atoms with E-state index in [1.165, 1.54) is 49.9 Å². The third-order valence-corrected chi connectivity index (χ3v) is 4.12. The zero-order valence-corrected chi connectivity index (χ0v) is 13.4. The Morgan fingerprint density at radius 2 is 2.10 bits per heavy atom. The Morgan fingerprint density at radius 1 is 1.25 bits per heavy atom. The Kier molecular flexibility index (Phi) is 5.90. The number of hydrogen-bond donors (Lipinski definition) is 1. The first-order valence-corrected chi connectivity index (χ1v) is 8.20. The molecule has 0 unspecified atom stereocenters. The SMILES string of the molecule is CC(C)CNCCCCc1ccc2c(c1)CCCN2C. The zero-order valence-electron chi connectivity index (χ0n) is 13.4. The first kappa shape index (κ1) is 15.4. The third-order valence-electron chi connectivity index (χ3n) is 4.12. The molecule has 0 spiro atoms. The second-order valence-corrected chi connectivity index (χ2v) is 6.54. The quantitative estimate of drug-likeness (QED) is 0.764. The number of rotatable bonds is 7. The van der Waals surface area contributed by atoms with Gasteiger partial charge in [0.15, 0.2) is 0 Å². The van der Waals surface area contributed by atoms with E-state index in [4.69, 9.17) is 0 Å². The predicted octanol–water partition coefficient (Wildman–Crippen LogP) is 3.64. The molecule has 0 radical (unpaired) electrons. The van der Waals surface area contributed by atoms with Crippen molar-refractivity contribution in [1.82, 2.24) is 5.32 Å². The molecule has 1 aromatic rings. The molecule has 0 saturated carbocycles. The molecule has 2 nitrogen and oxygen atoms in total. The zero-order chi connectivity index (χ0) is 14.4. The summed E-state index contributed by atoms with van der Waals surface area (Å²) in [6, 6.07) is 7.08. The van der Waals surface area contributed by atoms with Gasteiger partial charge in [-0.05, 0) is 68.3 Å². The molecule has 1 aliphatic rings. The van der Waals surface area contributed by atoms with Gasteiger partial charge in [0, 0.05) is 19.3 Å². The van der Waals surface area contributed by atoms with Gasteiger partial charge in [-0.3, -0.25) is 0 Å². The van der Waals surface area contributed by atoms with Gasteiger partial charge in [0.05, 0.1) is 0 Å². The van der Waals surface area contributed by atoms with Crippen molar-refractivity contribution in [3.63, 3.8) is 0 Å². The average Bonchev–Trinajstić information content (AvgIpc) is 2.42. The van der Waals surface area contributed by atoms with E-state index in [2.05, 4.69) is 49.3 Å². The summed E-state index contributed by atoms with van der Waals surface area (Å²) < 4.78 is 0. The van der Waals surface area contributed by atoms with Crippen molar-refractivity contribution >= 4 is 5.69 Å². The summed E-state index contributed by atoms with van der Waals surface area (Å²) in [6.07, 6.45) is 6.35. The van der Waals surface area contributed by atoms with Crippen LogP contribution in [0.15, 0.2) is 18.2 Å². The maximum absolute atomic E-state index is 3.52. The molecule has 2 heteroatoms. The van der Waals surface area contributed by atoms with Crippen LogP contribution >= 0.6 is 0 Å². The summed E-state index contributed by atoms with van der Waals surface area (Å²) in [5.74, 6) is 0.757. The van der Waals surface area contributed by atoms with Gasteiger partial charge in [-0.1, -0.05) is 26.0 Å². The summed E-state index contributed by atoms with van der Waals surface area (Å²) in [5.41, 5.74) is 4.51. The molecule has 0 amide bonds. The molecule has 1 heterocycles. The Bertz CT molecular complexity index is 412. The van der Waals surface area contributed by atoms with Crippen molar-refractivity contribution in [2.75, 3.05) is 31.6 Å². The Morgan fingerprint density at radius 3 is 2.90 bits per heavy atom. The smallest absolute Gasteiger partial charge is 0.0396 e. The van der Waals surface area contributed by atoms with E-state index in [9.17, 15) is 0 Å². The second kappa shape index (κ2) is 7.68. The fraction of sp³-hybridized carbons (Fsp3) is 0.667. The fourth-order valence-electron chi connectivity index (χ4n) is 2.96. The van der Waals surface area contributed by atoms with Gasteiger partial charge in [-0.2, -0.15) is 0 Å². The molecule has 0 fully saturated rings. The van der Waals surface area contributed by atoms with Crippen LogP contribution in [-0.4, -0.2) is 26.7 Å². The lowest BCUT2D eigenvalue weighted by atomic mass is 9.97. The number of anilines is 1. The number of benzene rings is 1. The first-order chi connectivity index (χ1) is 9.66. The van der Waals surface area contributed by atoms with Gasteiger partial charge in [-0.15, -0.1) is 0 Å². The van der Waals surface area contributed by atoms with Crippen LogP contribution < -0.4 is 10.2 Å². The van der Waals surface area contributed by atoms with E-state index in [-0.39, 0.29) is 0 Å². The largest absolute Gasteiger partial charge is 0.374 e. The lowest BCUT2D eigenvalue weighted by Crippen LogP contribution is -2.24. The molecular formula is C18H30N2. The lowest BCUT2D eigenvalue weighted by molar-refractivity contribution is 0.535. The molecule has 1 N–H and O–H groups in total. The molecule has 1 aromatic carbocycles. The van der Waals surface area contributed by atoms with Crippen molar-refractivity contribution in [1.29, 1.82) is 0 Å². The number of nitrogens with one attached hydrogen (secondary N) is 1. The Hall–Kier alpha value is -1.02. The van der Waals surface area contributed by atoms with E-state index >= 15 is 0 Å². The van der Waals surface area contributed by atoms with Crippen molar-refractivity contribution in [3.05, 3.63) is 29.3 Å². The summed E-state index contributed by atoms with van der Waals surface area (Å²) in [5, 5.41) is 3.52. The molecule has 0 saturated heterocycles. The van der Waals surface area contributed by atoms with Crippen molar-refractivity contribution in [2.24, 2.45) is 5.92 Å². The number of aryl methyl sites for hydroxylation is 2. The van der Waals surface area contributed by atoms with E-state index in [0.717, 1.165) is 19.0 Å². The fourth-order valence-corrected chi connectivity index (χ4v) is 2.96. The normalized spacial score (nSPS) is 14.7. The predicted molar refractivity (Wildman–Crippen MR) is 88.7 cm³/mol. The topological polar surface area (TPSA) is 15.3 Å². The monoisotopic (exact) mass is 274 g/mol. The van der Waals surface area contributed by atoms with Crippen molar-refractivity contribution < 1.29 is 0 Å². The molecule has 2 rings (SSSR count). The van der Waals surface area contributed by atoms with E-state index in [0.29, 0.717) is 0 Å². The number of unbranched alkanes of at least 4 members (excludes halogenated alkanes) is 1. The van der Waals surface area contributed by atoms with Crippen LogP contribution in [0, 0.1) is 5.92 Å². The summed E-state index contributed by atoms with van der Waals surface area (Å²) in [7, 11) is 2.21. The summed E-state index contributed by atoms with van der Waals surface area (Å²) in [4.78, 5) is 2.39. The number of fused-ring (bicyclic) bond motifs is 1. The van der Waals surface area contributed by atoms with Crippen molar-refractivity contribution in [3.8, 4) is 0 Å². The third kappa shape index (κ3) is 4.52. The minimum atomic E-state index is 0.757. The highest BCUT2D eigenvalue weighted by atomic mass is 15.1. The van der Waals surface area contributed by atoms with Crippen LogP contribution in [0.25, 0.3) is 0 Å². The maximum atomic E-state index is 3.52. The van der Waals surface area contributed by atoms with E-state index in [1.807, 2.05) is 0 Å². The first-order valence-electron chi connectivity index (χ1n) is 8.20. The Balaban J connectivity index is 1.74. The van der Waals surface area contributed by atoms with Gasteiger partial charge in [-0.25, -0.2) is 0 Å². The van der Waals surface area contributed by atoms with Crippen molar-refractivity contribution in [2.45, 2.75) is 46.0 Å². The summed E-state index contributed by atoms with van der Waals surface area (Å²) >= 11 is 0. The highest BCUT2D eigenvalue weighted by Gasteiger charge is 2.13. The molecule has 20 heavy (non-hydrogen) atoms. The Labute approximate surface area is 124 Å². The van der Waals surface area contributed by atoms with Crippen LogP contribution in [0.3, 0.4) is 0 Å². The maximum Gasteiger partial charge on any atom is 0.0396 e. The molecule has 0 bridgehead atoms. The molecule has 0 aliphatic carbocycles. The number of nitrogens with zero attached hydrogens (tertiary/aromatic N) is 1. The minimum Gasteiger partial charge on any atom is -0.374 e. The van der Waals surface area contributed by atoms with Crippen LogP contribution in [0.2, 0.25) is 0 Å². The van der Waals surface area contributed by atoms with E-state index < -0.39 is 0 Å². The number of hydrogen-bond acceptors (Lipinski definition) is 2. The lowest BCUT2D eigenvalue weighted by Gasteiger charge is -2.27. The van der Waals surface area contributed by atoms with Gasteiger partial charge >= 0.3 is 0 Å². The van der Waals surface area contributed by atoms with E-state index in [1.54, 1.807) is 5.56 Å². The van der Waals surface area contributed by atoms with Gasteiger partial charge in [0.2, 0.25) is 0 Å². The van der Waals surface area contributed by atoms with Crippen LogP contribution in [0.5, 0.6) is 0 Å². The summed E-state index contributed by atoms with van der Waals surface area (Å²) in [6.45, 7) is 8.03. The molecule has 0 aromatic heterocycles. The highest BCUT2D eigenvalue weighted by Crippen LogP contribution is 2.27. The molecule has 112 valence electrons. The second-order valence-electron chi connectivity index (χ2n) is 6.54. The average molecular weight is 274 g/mol. The molecule has 1 aliphatic heterocycles. The van der Waals surface area contributed by atoms with Crippen LogP contribution in [0.4, 0.5) is 5.69 Å². The standard InChI is InChI=1S/C18H30N2/c1-15(2)14-19-11-5-4-7-16-9-10-18-17(13-16)8-6-12-20(18)3/h9-10,13,15,19H,4-8,11-12,14H2,1-3H3. The van der Waals surface area contributed by atoms with Gasteiger partial charge < -0.3 is 10.2 Å².